The summed E-state index contributed by atoms with van der Waals surface area (Å²) in [6, 6.07) is 19.0. The van der Waals surface area contributed by atoms with Crippen LogP contribution in [0.15, 0.2) is 60.7 Å². The summed E-state index contributed by atoms with van der Waals surface area (Å²) in [4.78, 5) is 24.4. The van der Waals surface area contributed by atoms with E-state index in [1.807, 2.05) is 60.7 Å². The van der Waals surface area contributed by atoms with Gasteiger partial charge in [-0.2, -0.15) is 0 Å². The van der Waals surface area contributed by atoms with Gasteiger partial charge in [0.15, 0.2) is 0 Å². The van der Waals surface area contributed by atoms with Crippen LogP contribution in [0.5, 0.6) is 0 Å². The van der Waals surface area contributed by atoms with Gasteiger partial charge in [0.2, 0.25) is 0 Å². The highest BCUT2D eigenvalue weighted by Crippen LogP contribution is 2.27. The van der Waals surface area contributed by atoms with Crippen molar-refractivity contribution < 1.29 is 19.1 Å². The molecule has 3 rings (SSSR count). The number of unbranched alkanes of at least 4 members (excludes halogenated alkanes) is 1. The van der Waals surface area contributed by atoms with Gasteiger partial charge in [-0.05, 0) is 55.7 Å². The van der Waals surface area contributed by atoms with Crippen LogP contribution in [0, 0.1) is 5.92 Å². The van der Waals surface area contributed by atoms with E-state index >= 15 is 0 Å². The zero-order chi connectivity index (χ0) is 21.7. The standard InChI is InChI=1S/C25H32N2O4/c28-24(30-18-21-9-3-1-4-10-21)23(27-17-20-14-15-20)13-7-8-16-26-25(29)31-19-22-11-5-2-6-12-22/h1-6,9-12,20,23,27H,7-8,13-19H2,(H,26,29)/t23-/m0/s1. The fraction of sp³-hybridized carbons (Fsp3) is 0.440. The molecular formula is C25H32N2O4. The summed E-state index contributed by atoms with van der Waals surface area (Å²) >= 11 is 0. The normalized spacial score (nSPS) is 13.9. The van der Waals surface area contributed by atoms with E-state index < -0.39 is 6.09 Å². The van der Waals surface area contributed by atoms with Crippen LogP contribution in [0.2, 0.25) is 0 Å². The Morgan fingerprint density at radius 1 is 0.871 bits per heavy atom. The molecule has 1 atom stereocenters. The van der Waals surface area contributed by atoms with Crippen LogP contribution in [0.1, 0.15) is 43.2 Å². The molecule has 0 aliphatic heterocycles. The lowest BCUT2D eigenvalue weighted by atomic mass is 10.1. The zero-order valence-corrected chi connectivity index (χ0v) is 17.9. The van der Waals surface area contributed by atoms with E-state index in [-0.39, 0.29) is 25.2 Å². The van der Waals surface area contributed by atoms with Gasteiger partial charge in [0.05, 0.1) is 0 Å². The number of alkyl carbamates (subject to hydrolysis) is 1. The van der Waals surface area contributed by atoms with Crippen LogP contribution in [0.25, 0.3) is 0 Å². The summed E-state index contributed by atoms with van der Waals surface area (Å²) in [5.74, 6) is 0.477. The largest absolute Gasteiger partial charge is 0.460 e. The number of hydrogen-bond donors (Lipinski definition) is 2. The molecule has 0 radical (unpaired) electrons. The molecular weight excluding hydrogens is 392 g/mol. The summed E-state index contributed by atoms with van der Waals surface area (Å²) < 4.78 is 10.7. The van der Waals surface area contributed by atoms with Crippen LogP contribution < -0.4 is 10.6 Å². The highest BCUT2D eigenvalue weighted by molar-refractivity contribution is 5.75. The van der Waals surface area contributed by atoms with Crippen LogP contribution in [0.3, 0.4) is 0 Å². The van der Waals surface area contributed by atoms with Gasteiger partial charge in [0.25, 0.3) is 0 Å². The number of carbonyl (C=O) groups excluding carboxylic acids is 2. The topological polar surface area (TPSA) is 76.7 Å². The molecule has 0 spiro atoms. The molecule has 2 aromatic carbocycles. The molecule has 0 heterocycles. The molecule has 0 saturated heterocycles. The molecule has 1 aliphatic carbocycles. The van der Waals surface area contributed by atoms with E-state index in [1.165, 1.54) is 12.8 Å². The van der Waals surface area contributed by atoms with Crippen molar-refractivity contribution in [1.29, 1.82) is 0 Å². The first-order valence-corrected chi connectivity index (χ1v) is 11.1. The third-order valence-electron chi connectivity index (χ3n) is 5.26. The van der Waals surface area contributed by atoms with Crippen LogP contribution in [-0.4, -0.2) is 31.2 Å². The lowest BCUT2D eigenvalue weighted by Crippen LogP contribution is -2.39. The Morgan fingerprint density at radius 2 is 1.48 bits per heavy atom. The molecule has 0 unspecified atom stereocenters. The molecule has 1 amide bonds. The smallest absolute Gasteiger partial charge is 0.407 e. The van der Waals surface area contributed by atoms with Gasteiger partial charge in [0, 0.05) is 6.54 Å². The Bertz CT molecular complexity index is 794. The van der Waals surface area contributed by atoms with E-state index in [4.69, 9.17) is 9.47 Å². The van der Waals surface area contributed by atoms with Gasteiger partial charge in [0.1, 0.15) is 19.3 Å². The van der Waals surface area contributed by atoms with Crippen LogP contribution >= 0.6 is 0 Å². The maximum Gasteiger partial charge on any atom is 0.407 e. The van der Waals surface area contributed by atoms with Gasteiger partial charge < -0.3 is 20.1 Å². The lowest BCUT2D eigenvalue weighted by Gasteiger charge is -2.18. The molecule has 31 heavy (non-hydrogen) atoms. The summed E-state index contributed by atoms with van der Waals surface area (Å²) in [6.45, 7) is 1.92. The zero-order valence-electron chi connectivity index (χ0n) is 17.9. The molecule has 6 heteroatoms. The highest BCUT2D eigenvalue weighted by Gasteiger charge is 2.25. The van der Waals surface area contributed by atoms with Crippen molar-refractivity contribution in [1.82, 2.24) is 10.6 Å². The first kappa shape index (κ1) is 22.8. The number of esters is 1. The number of amides is 1. The van der Waals surface area contributed by atoms with E-state index in [1.54, 1.807) is 0 Å². The van der Waals surface area contributed by atoms with Crippen molar-refractivity contribution in [2.75, 3.05) is 13.1 Å². The van der Waals surface area contributed by atoms with Crippen molar-refractivity contribution in [3.8, 4) is 0 Å². The van der Waals surface area contributed by atoms with Crippen LogP contribution in [-0.2, 0) is 27.5 Å². The lowest BCUT2D eigenvalue weighted by molar-refractivity contribution is -0.147. The fourth-order valence-corrected chi connectivity index (χ4v) is 3.20. The van der Waals surface area contributed by atoms with E-state index in [2.05, 4.69) is 10.6 Å². The maximum atomic E-state index is 12.6. The second-order valence-corrected chi connectivity index (χ2v) is 7.98. The predicted molar refractivity (Wildman–Crippen MR) is 119 cm³/mol. The molecule has 166 valence electrons. The summed E-state index contributed by atoms with van der Waals surface area (Å²) in [5, 5.41) is 6.13. The molecule has 0 aromatic heterocycles. The Kier molecular flexibility index (Phi) is 9.38. The molecule has 1 fully saturated rings. The van der Waals surface area contributed by atoms with Gasteiger partial charge in [-0.3, -0.25) is 4.79 Å². The molecule has 6 nitrogen and oxygen atoms in total. The Balaban J connectivity index is 1.32. The second-order valence-electron chi connectivity index (χ2n) is 7.98. The Labute approximate surface area is 184 Å². The summed E-state index contributed by atoms with van der Waals surface area (Å²) in [6.07, 6.45) is 4.30. The van der Waals surface area contributed by atoms with Gasteiger partial charge in [-0.25, -0.2) is 4.79 Å². The third-order valence-corrected chi connectivity index (χ3v) is 5.26. The van der Waals surface area contributed by atoms with Crippen LogP contribution in [0.4, 0.5) is 4.79 Å². The van der Waals surface area contributed by atoms with E-state index in [9.17, 15) is 9.59 Å². The van der Waals surface area contributed by atoms with Gasteiger partial charge >= 0.3 is 12.1 Å². The highest BCUT2D eigenvalue weighted by atomic mass is 16.5. The average Bonchev–Trinajstić information content (AvgIpc) is 3.64. The van der Waals surface area contributed by atoms with E-state index in [0.717, 1.165) is 30.5 Å². The van der Waals surface area contributed by atoms with Gasteiger partial charge in [-0.15, -0.1) is 0 Å². The quantitative estimate of drug-likeness (QED) is 0.372. The Morgan fingerprint density at radius 3 is 2.10 bits per heavy atom. The minimum atomic E-state index is -0.422. The number of carbonyl (C=O) groups is 2. The number of ether oxygens (including phenoxy) is 2. The van der Waals surface area contributed by atoms with Crippen molar-refractivity contribution in [2.24, 2.45) is 5.92 Å². The molecule has 2 N–H and O–H groups in total. The third kappa shape index (κ3) is 9.22. The molecule has 1 saturated carbocycles. The second kappa shape index (κ2) is 12.7. The first-order chi connectivity index (χ1) is 15.2. The molecule has 1 aliphatic rings. The fourth-order valence-electron chi connectivity index (χ4n) is 3.20. The summed E-state index contributed by atoms with van der Waals surface area (Å²) in [7, 11) is 0. The average molecular weight is 425 g/mol. The van der Waals surface area contributed by atoms with Crippen molar-refractivity contribution >= 4 is 12.1 Å². The molecule has 0 bridgehead atoms. The maximum absolute atomic E-state index is 12.6. The SMILES string of the molecule is O=C(NCCCC[C@H](NCC1CC1)C(=O)OCc1ccccc1)OCc1ccccc1. The minimum Gasteiger partial charge on any atom is -0.460 e. The monoisotopic (exact) mass is 424 g/mol. The minimum absolute atomic E-state index is 0.209. The van der Waals surface area contributed by atoms with E-state index in [0.29, 0.717) is 18.9 Å². The van der Waals surface area contributed by atoms with Crippen molar-refractivity contribution in [2.45, 2.75) is 51.4 Å². The van der Waals surface area contributed by atoms with Gasteiger partial charge in [-0.1, -0.05) is 60.7 Å². The number of rotatable bonds is 13. The number of benzene rings is 2. The molecule has 2 aromatic rings. The number of nitrogens with one attached hydrogen (secondary N) is 2. The van der Waals surface area contributed by atoms with Crippen molar-refractivity contribution in [3.63, 3.8) is 0 Å². The Hall–Kier alpha value is -2.86. The summed E-state index contributed by atoms with van der Waals surface area (Å²) in [5.41, 5.74) is 1.94. The van der Waals surface area contributed by atoms with Crippen molar-refractivity contribution in [3.05, 3.63) is 71.8 Å². The first-order valence-electron chi connectivity index (χ1n) is 11.1. The number of hydrogen-bond acceptors (Lipinski definition) is 5. The predicted octanol–water partition coefficient (Wildman–Crippen LogP) is 4.19.